The van der Waals surface area contributed by atoms with Gasteiger partial charge in [-0.3, -0.25) is 4.79 Å². The summed E-state index contributed by atoms with van der Waals surface area (Å²) in [4.78, 5) is 11.7. The summed E-state index contributed by atoms with van der Waals surface area (Å²) in [5.74, 6) is 0.291. The average Bonchev–Trinajstić information content (AvgIpc) is 2.32. The molecule has 0 spiro atoms. The van der Waals surface area contributed by atoms with Crippen LogP contribution in [0.2, 0.25) is 0 Å². The lowest BCUT2D eigenvalue weighted by molar-refractivity contribution is -0.125. The molecule has 0 bridgehead atoms. The molecule has 0 fully saturated rings. The predicted octanol–water partition coefficient (Wildman–Crippen LogP) is 2.80. The molecule has 0 saturated heterocycles. The van der Waals surface area contributed by atoms with Crippen LogP contribution in [-0.2, 0) is 9.53 Å². The van der Waals surface area contributed by atoms with Crippen molar-refractivity contribution in [3.63, 3.8) is 0 Å². The molecule has 17 heavy (non-hydrogen) atoms. The number of hydrogen-bond acceptors (Lipinski definition) is 5. The van der Waals surface area contributed by atoms with E-state index >= 15 is 0 Å². The van der Waals surface area contributed by atoms with Crippen molar-refractivity contribution in [2.24, 2.45) is 5.92 Å². The van der Waals surface area contributed by atoms with E-state index < -0.39 is 6.10 Å². The van der Waals surface area contributed by atoms with Gasteiger partial charge in [0.2, 0.25) is 4.38 Å². The maximum Gasteiger partial charge on any atom is 0.220 e. The number of ether oxygens (including phenoxy) is 1. The van der Waals surface area contributed by atoms with E-state index in [0.717, 1.165) is 12.8 Å². The molecule has 0 rings (SSSR count). The molecule has 0 aromatic carbocycles. The molecule has 1 N–H and O–H groups in total. The number of aliphatic hydroxyl groups is 1. The summed E-state index contributed by atoms with van der Waals surface area (Å²) in [5.41, 5.74) is 0. The zero-order valence-electron chi connectivity index (χ0n) is 10.8. The molecule has 3 nitrogen and oxygen atoms in total. The van der Waals surface area contributed by atoms with E-state index in [2.05, 4.69) is 0 Å². The molecule has 0 aliphatic heterocycles. The van der Waals surface area contributed by atoms with Crippen LogP contribution in [0.4, 0.5) is 0 Å². The number of Topliss-reactive ketones (excluding diaryl/α,β-unsaturated/α-hetero) is 1. The van der Waals surface area contributed by atoms with E-state index in [0.29, 0.717) is 23.2 Å². The first-order valence-electron chi connectivity index (χ1n) is 6.07. The molecule has 0 aromatic heterocycles. The van der Waals surface area contributed by atoms with Crippen LogP contribution in [-0.4, -0.2) is 33.7 Å². The summed E-state index contributed by atoms with van der Waals surface area (Å²) in [7, 11) is 0. The summed E-state index contributed by atoms with van der Waals surface area (Å²) >= 11 is 6.26. The lowest BCUT2D eigenvalue weighted by atomic mass is 9.92. The smallest absolute Gasteiger partial charge is 0.220 e. The molecule has 0 aliphatic rings. The Morgan fingerprint density at radius 3 is 2.53 bits per heavy atom. The maximum atomic E-state index is 11.7. The van der Waals surface area contributed by atoms with E-state index in [1.54, 1.807) is 0 Å². The average molecular weight is 278 g/mol. The number of carbonyl (C=O) groups is 1. The standard InChI is InChI=1S/C12H22O3S2/c1-4-7-9(10(13)5-2)11(14)8-17-12(16)15-6-3/h9,11,14H,4-8H2,1-3H3. The Bertz CT molecular complexity index is 244. The van der Waals surface area contributed by atoms with Crippen LogP contribution in [0.15, 0.2) is 0 Å². The van der Waals surface area contributed by atoms with Gasteiger partial charge in [-0.15, -0.1) is 0 Å². The van der Waals surface area contributed by atoms with Gasteiger partial charge in [0.1, 0.15) is 5.78 Å². The quantitative estimate of drug-likeness (QED) is 0.692. The fourth-order valence-corrected chi connectivity index (χ4v) is 2.63. The van der Waals surface area contributed by atoms with E-state index in [1.807, 2.05) is 20.8 Å². The van der Waals surface area contributed by atoms with Gasteiger partial charge in [0.05, 0.1) is 12.7 Å². The Balaban J connectivity index is 4.18. The Morgan fingerprint density at radius 1 is 1.41 bits per heavy atom. The number of aliphatic hydroxyl groups excluding tert-OH is 1. The maximum absolute atomic E-state index is 11.7. The van der Waals surface area contributed by atoms with E-state index in [-0.39, 0.29) is 11.7 Å². The first kappa shape index (κ1) is 16.9. The van der Waals surface area contributed by atoms with Crippen molar-refractivity contribution in [3.05, 3.63) is 0 Å². The highest BCUT2D eigenvalue weighted by atomic mass is 32.2. The summed E-state index contributed by atoms with van der Waals surface area (Å²) in [5, 5.41) is 10.0. The second-order valence-electron chi connectivity index (χ2n) is 3.78. The summed E-state index contributed by atoms with van der Waals surface area (Å²) in [6.07, 6.45) is 1.47. The summed E-state index contributed by atoms with van der Waals surface area (Å²) < 4.78 is 5.55. The fraction of sp³-hybridized carbons (Fsp3) is 0.833. The van der Waals surface area contributed by atoms with Crippen LogP contribution in [0.5, 0.6) is 0 Å². The van der Waals surface area contributed by atoms with Gasteiger partial charge in [0.25, 0.3) is 0 Å². The first-order valence-corrected chi connectivity index (χ1v) is 7.46. The molecule has 0 aromatic rings. The summed E-state index contributed by atoms with van der Waals surface area (Å²) in [6.45, 7) is 6.24. The van der Waals surface area contributed by atoms with Crippen LogP contribution < -0.4 is 0 Å². The minimum Gasteiger partial charge on any atom is -0.479 e. The van der Waals surface area contributed by atoms with Gasteiger partial charge in [-0.25, -0.2) is 0 Å². The van der Waals surface area contributed by atoms with Crippen molar-refractivity contribution < 1.29 is 14.6 Å². The van der Waals surface area contributed by atoms with Crippen LogP contribution in [0.1, 0.15) is 40.0 Å². The topological polar surface area (TPSA) is 46.5 Å². The number of thioether (sulfide) groups is 1. The molecule has 0 saturated carbocycles. The third-order valence-electron chi connectivity index (χ3n) is 2.46. The third kappa shape index (κ3) is 7.01. The zero-order chi connectivity index (χ0) is 13.3. The van der Waals surface area contributed by atoms with Crippen LogP contribution in [0, 0.1) is 5.92 Å². The van der Waals surface area contributed by atoms with E-state index in [9.17, 15) is 9.90 Å². The Hall–Kier alpha value is -0.130. The third-order valence-corrected chi connectivity index (χ3v) is 3.79. The predicted molar refractivity (Wildman–Crippen MR) is 76.4 cm³/mol. The number of rotatable bonds is 8. The van der Waals surface area contributed by atoms with Crippen LogP contribution in [0.25, 0.3) is 0 Å². The zero-order valence-corrected chi connectivity index (χ0v) is 12.4. The molecule has 5 heteroatoms. The molecule has 0 radical (unpaired) electrons. The second-order valence-corrected chi connectivity index (χ2v) is 5.40. The van der Waals surface area contributed by atoms with Crippen LogP contribution in [0.3, 0.4) is 0 Å². The minimum absolute atomic E-state index is 0.127. The highest BCUT2D eigenvalue weighted by Crippen LogP contribution is 2.19. The minimum atomic E-state index is -0.634. The van der Waals surface area contributed by atoms with Gasteiger partial charge < -0.3 is 9.84 Å². The van der Waals surface area contributed by atoms with Gasteiger partial charge in [-0.1, -0.05) is 32.0 Å². The van der Waals surface area contributed by atoms with Crippen molar-refractivity contribution in [1.29, 1.82) is 0 Å². The van der Waals surface area contributed by atoms with Crippen molar-refractivity contribution >= 4 is 34.1 Å². The van der Waals surface area contributed by atoms with E-state index in [4.69, 9.17) is 17.0 Å². The van der Waals surface area contributed by atoms with Gasteiger partial charge in [0, 0.05) is 18.1 Å². The molecule has 2 unspecified atom stereocenters. The highest BCUT2D eigenvalue weighted by molar-refractivity contribution is 8.22. The van der Waals surface area contributed by atoms with Crippen molar-refractivity contribution in [3.8, 4) is 0 Å². The van der Waals surface area contributed by atoms with Gasteiger partial charge >= 0.3 is 0 Å². The van der Waals surface area contributed by atoms with Crippen molar-refractivity contribution in [1.82, 2.24) is 0 Å². The van der Waals surface area contributed by atoms with Gasteiger partial charge in [-0.2, -0.15) is 0 Å². The number of thiocarbonyl (C=S) groups is 1. The van der Waals surface area contributed by atoms with Crippen molar-refractivity contribution in [2.45, 2.75) is 46.1 Å². The van der Waals surface area contributed by atoms with Gasteiger partial charge in [0.15, 0.2) is 0 Å². The largest absolute Gasteiger partial charge is 0.479 e. The van der Waals surface area contributed by atoms with E-state index in [1.165, 1.54) is 11.8 Å². The number of ketones is 1. The molecule has 0 heterocycles. The second kappa shape index (κ2) is 9.85. The lowest BCUT2D eigenvalue weighted by Crippen LogP contribution is -2.30. The van der Waals surface area contributed by atoms with Gasteiger partial charge in [-0.05, 0) is 25.6 Å². The number of carbonyl (C=O) groups excluding carboxylic acids is 1. The fourth-order valence-electron chi connectivity index (χ4n) is 1.57. The van der Waals surface area contributed by atoms with Crippen molar-refractivity contribution in [2.75, 3.05) is 12.4 Å². The molecule has 100 valence electrons. The molecule has 2 atom stereocenters. The highest BCUT2D eigenvalue weighted by Gasteiger charge is 2.24. The molecular formula is C12H22O3S2. The van der Waals surface area contributed by atoms with Crippen LogP contribution >= 0.6 is 24.0 Å². The SMILES string of the molecule is CCCC(C(=O)CC)C(O)CSC(=S)OCC. The number of hydrogen-bond donors (Lipinski definition) is 1. The molecule has 0 aliphatic carbocycles. The molecular weight excluding hydrogens is 256 g/mol. The Labute approximate surface area is 113 Å². The first-order chi connectivity index (χ1) is 8.06. The normalized spacial score (nSPS) is 14.1. The Kier molecular flexibility index (Phi) is 9.78. The Morgan fingerprint density at radius 2 is 2.06 bits per heavy atom. The summed E-state index contributed by atoms with van der Waals surface area (Å²) in [6, 6.07) is 0. The monoisotopic (exact) mass is 278 g/mol. The lowest BCUT2D eigenvalue weighted by Gasteiger charge is -2.20. The molecule has 0 amide bonds.